The van der Waals surface area contributed by atoms with E-state index in [1.54, 1.807) is 6.20 Å². The molecule has 1 atom stereocenters. The van der Waals surface area contributed by atoms with Gasteiger partial charge in [0.1, 0.15) is 11.2 Å². The average molecular weight is 553 g/mol. The van der Waals surface area contributed by atoms with Gasteiger partial charge < -0.3 is 15.0 Å². The number of halogens is 3. The van der Waals surface area contributed by atoms with Gasteiger partial charge in [0.05, 0.1) is 5.56 Å². The lowest BCUT2D eigenvalue weighted by atomic mass is 9.79. The Bertz CT molecular complexity index is 1530. The number of aromatic carboxylic acids is 1. The van der Waals surface area contributed by atoms with E-state index < -0.39 is 17.7 Å². The number of anilines is 1. The van der Waals surface area contributed by atoms with E-state index in [-0.39, 0.29) is 30.0 Å². The van der Waals surface area contributed by atoms with Crippen molar-refractivity contribution in [3.05, 3.63) is 65.1 Å². The van der Waals surface area contributed by atoms with Crippen LogP contribution in [0.2, 0.25) is 0 Å². The summed E-state index contributed by atoms with van der Waals surface area (Å²) in [6.07, 6.45) is 1.36. The Hall–Kier alpha value is -4.02. The predicted molar refractivity (Wildman–Crippen MR) is 145 cm³/mol. The summed E-state index contributed by atoms with van der Waals surface area (Å²) in [5.41, 5.74) is 2.11. The van der Waals surface area contributed by atoms with Gasteiger partial charge in [-0.3, -0.25) is 4.98 Å². The average Bonchev–Trinajstić information content (AvgIpc) is 3.25. The van der Waals surface area contributed by atoms with Crippen LogP contribution in [0.4, 0.5) is 19.0 Å². The van der Waals surface area contributed by atoms with Crippen molar-refractivity contribution in [2.24, 2.45) is 5.92 Å². The highest BCUT2D eigenvalue weighted by molar-refractivity contribution is 5.92. The SMILES string of the molecule is CC[C@H](Nc1nc(C(=O)O)nc2nc(-c3cc(C(C)C)ccn3)n(Cc3ccc(C(F)(F)F)cc3)c12)C1CCC1. The Labute approximate surface area is 229 Å². The first-order valence-electron chi connectivity index (χ1n) is 13.5. The first kappa shape index (κ1) is 27.5. The minimum Gasteiger partial charge on any atom is -0.475 e. The van der Waals surface area contributed by atoms with Crippen LogP contribution in [0.3, 0.4) is 0 Å². The molecule has 0 spiro atoms. The van der Waals surface area contributed by atoms with Gasteiger partial charge in [-0.2, -0.15) is 13.2 Å². The molecule has 11 heteroatoms. The zero-order valence-electron chi connectivity index (χ0n) is 22.5. The van der Waals surface area contributed by atoms with E-state index in [2.05, 4.69) is 41.0 Å². The number of hydrogen-bond acceptors (Lipinski definition) is 6. The molecule has 0 amide bonds. The van der Waals surface area contributed by atoms with Crippen LogP contribution < -0.4 is 5.32 Å². The molecule has 0 aliphatic heterocycles. The zero-order valence-corrected chi connectivity index (χ0v) is 22.5. The minimum atomic E-state index is -4.44. The van der Waals surface area contributed by atoms with E-state index >= 15 is 0 Å². The Balaban J connectivity index is 1.70. The summed E-state index contributed by atoms with van der Waals surface area (Å²) >= 11 is 0. The van der Waals surface area contributed by atoms with Crippen LogP contribution in [0.25, 0.3) is 22.7 Å². The molecule has 3 aromatic heterocycles. The Morgan fingerprint density at radius 2 is 1.85 bits per heavy atom. The number of alkyl halides is 3. The van der Waals surface area contributed by atoms with Crippen LogP contribution in [0, 0.1) is 5.92 Å². The number of nitrogens with one attached hydrogen (secondary N) is 1. The van der Waals surface area contributed by atoms with E-state index in [0.717, 1.165) is 43.4 Å². The number of hydrogen-bond donors (Lipinski definition) is 2. The van der Waals surface area contributed by atoms with E-state index in [9.17, 15) is 23.1 Å². The van der Waals surface area contributed by atoms with Gasteiger partial charge in [-0.15, -0.1) is 0 Å². The molecule has 1 saturated carbocycles. The van der Waals surface area contributed by atoms with Crippen LogP contribution in [-0.2, 0) is 12.7 Å². The van der Waals surface area contributed by atoms with Crippen molar-refractivity contribution in [3.63, 3.8) is 0 Å². The number of imidazole rings is 1. The van der Waals surface area contributed by atoms with Gasteiger partial charge in [0.25, 0.3) is 0 Å². The van der Waals surface area contributed by atoms with Crippen LogP contribution in [0.15, 0.2) is 42.6 Å². The molecule has 3 heterocycles. The molecule has 4 aromatic rings. The van der Waals surface area contributed by atoms with Crippen molar-refractivity contribution >= 4 is 23.0 Å². The van der Waals surface area contributed by atoms with Crippen LogP contribution in [0.5, 0.6) is 0 Å². The van der Waals surface area contributed by atoms with E-state index in [1.807, 2.05) is 16.7 Å². The van der Waals surface area contributed by atoms with Gasteiger partial charge in [-0.05, 0) is 66.5 Å². The molecule has 1 aliphatic rings. The lowest BCUT2D eigenvalue weighted by Gasteiger charge is -2.34. The van der Waals surface area contributed by atoms with Crippen molar-refractivity contribution in [2.45, 2.75) is 71.1 Å². The molecule has 5 rings (SSSR count). The minimum absolute atomic E-state index is 0.0776. The van der Waals surface area contributed by atoms with E-state index in [0.29, 0.717) is 34.3 Å². The summed E-state index contributed by atoms with van der Waals surface area (Å²) in [6, 6.07) is 8.86. The molecule has 1 aliphatic carbocycles. The van der Waals surface area contributed by atoms with Crippen molar-refractivity contribution in [2.75, 3.05) is 5.32 Å². The van der Waals surface area contributed by atoms with E-state index in [1.165, 1.54) is 12.1 Å². The highest BCUT2D eigenvalue weighted by atomic mass is 19.4. The number of carboxylic acid groups (broad SMARTS) is 1. The van der Waals surface area contributed by atoms with Crippen molar-refractivity contribution in [3.8, 4) is 11.5 Å². The third-order valence-corrected chi connectivity index (χ3v) is 7.58. The molecule has 1 aromatic carbocycles. The summed E-state index contributed by atoms with van der Waals surface area (Å²) < 4.78 is 41.4. The highest BCUT2D eigenvalue weighted by Gasteiger charge is 2.31. The maximum Gasteiger partial charge on any atom is 0.416 e. The molecule has 1 fully saturated rings. The lowest BCUT2D eigenvalue weighted by molar-refractivity contribution is -0.137. The quantitative estimate of drug-likeness (QED) is 0.236. The number of rotatable bonds is 9. The van der Waals surface area contributed by atoms with Gasteiger partial charge in [0.2, 0.25) is 5.82 Å². The smallest absolute Gasteiger partial charge is 0.416 e. The molecule has 2 N–H and O–H groups in total. The summed E-state index contributed by atoms with van der Waals surface area (Å²) in [4.78, 5) is 29.8. The number of benzene rings is 1. The number of fused-ring (bicyclic) bond motifs is 1. The number of nitrogens with zero attached hydrogens (tertiary/aromatic N) is 5. The molecule has 0 saturated heterocycles. The number of carboxylic acids is 1. The van der Waals surface area contributed by atoms with Gasteiger partial charge in [0.15, 0.2) is 17.3 Å². The van der Waals surface area contributed by atoms with Crippen molar-refractivity contribution in [1.29, 1.82) is 0 Å². The Morgan fingerprint density at radius 3 is 2.42 bits per heavy atom. The van der Waals surface area contributed by atoms with E-state index in [4.69, 9.17) is 4.98 Å². The normalized spacial score (nSPS) is 14.9. The molecule has 0 unspecified atom stereocenters. The third kappa shape index (κ3) is 5.50. The molecule has 0 bridgehead atoms. The highest BCUT2D eigenvalue weighted by Crippen LogP contribution is 2.35. The maximum atomic E-state index is 13.2. The number of carbonyl (C=O) groups is 1. The predicted octanol–water partition coefficient (Wildman–Crippen LogP) is 6.77. The molecular weight excluding hydrogens is 521 g/mol. The van der Waals surface area contributed by atoms with Crippen molar-refractivity contribution < 1.29 is 23.1 Å². The first-order chi connectivity index (χ1) is 19.0. The molecule has 40 heavy (non-hydrogen) atoms. The van der Waals surface area contributed by atoms with Crippen LogP contribution in [0.1, 0.15) is 79.7 Å². The first-order valence-corrected chi connectivity index (χ1v) is 13.5. The van der Waals surface area contributed by atoms with Gasteiger partial charge in [0, 0.05) is 18.8 Å². The largest absolute Gasteiger partial charge is 0.475 e. The fourth-order valence-corrected chi connectivity index (χ4v) is 5.06. The fraction of sp³-hybridized carbons (Fsp3) is 0.414. The van der Waals surface area contributed by atoms with Gasteiger partial charge in [-0.1, -0.05) is 39.3 Å². The fourth-order valence-electron chi connectivity index (χ4n) is 5.06. The summed E-state index contributed by atoms with van der Waals surface area (Å²) in [5.74, 6) is -0.231. The topological polar surface area (TPSA) is 106 Å². The van der Waals surface area contributed by atoms with Crippen LogP contribution in [-0.4, -0.2) is 41.6 Å². The summed E-state index contributed by atoms with van der Waals surface area (Å²) in [6.45, 7) is 6.34. The number of aromatic nitrogens is 5. The monoisotopic (exact) mass is 552 g/mol. The zero-order chi connectivity index (χ0) is 28.6. The Morgan fingerprint density at radius 1 is 1.12 bits per heavy atom. The second kappa shape index (κ2) is 10.9. The second-order valence-corrected chi connectivity index (χ2v) is 10.6. The van der Waals surface area contributed by atoms with Gasteiger partial charge in [-0.25, -0.2) is 19.7 Å². The molecule has 8 nitrogen and oxygen atoms in total. The van der Waals surface area contributed by atoms with Crippen LogP contribution >= 0.6 is 0 Å². The number of pyridine rings is 1. The second-order valence-electron chi connectivity index (χ2n) is 10.6. The summed E-state index contributed by atoms with van der Waals surface area (Å²) in [7, 11) is 0. The lowest BCUT2D eigenvalue weighted by Crippen LogP contribution is -2.33. The third-order valence-electron chi connectivity index (χ3n) is 7.58. The maximum absolute atomic E-state index is 13.2. The molecular formula is C29H31F3N6O2. The van der Waals surface area contributed by atoms with Gasteiger partial charge >= 0.3 is 12.1 Å². The molecule has 210 valence electrons. The standard InChI is InChI=1S/C29H31F3N6O2/c1-4-21(18-6-5-7-18)34-24-23-25(36-26(35-24)28(39)40)37-27(22-14-19(16(2)3)12-13-33-22)38(23)15-17-8-10-20(11-9-17)29(30,31)32/h8-14,16,18,21H,4-7,15H2,1-3H3,(H,39,40)(H,34,35,36)/t21-/m0/s1. The molecule has 0 radical (unpaired) electrons. The Kier molecular flexibility index (Phi) is 7.48. The summed E-state index contributed by atoms with van der Waals surface area (Å²) in [5, 5.41) is 13.2. The van der Waals surface area contributed by atoms with Crippen molar-refractivity contribution in [1.82, 2.24) is 24.5 Å².